The largest absolute Gasteiger partial charge is 0.433 e. The second kappa shape index (κ2) is 10.8. The molecule has 1 aliphatic heterocycles. The molecule has 2 heterocycles. The number of benzene rings is 3. The van der Waals surface area contributed by atoms with Gasteiger partial charge in [-0.25, -0.2) is 9.78 Å². The lowest BCUT2D eigenvalue weighted by atomic mass is 10.1. The molecule has 0 aliphatic carbocycles. The number of alkyl halides is 3. The van der Waals surface area contributed by atoms with Crippen LogP contribution in [0.1, 0.15) is 16.1 Å². The summed E-state index contributed by atoms with van der Waals surface area (Å²) in [6, 6.07) is 20.7. The number of rotatable bonds is 4. The smallest absolute Gasteiger partial charge is 0.355 e. The molecule has 1 aliphatic rings. The van der Waals surface area contributed by atoms with Crippen LogP contribution in [-0.4, -0.2) is 52.9 Å². The summed E-state index contributed by atoms with van der Waals surface area (Å²) in [5.74, 6) is -0.190. The van der Waals surface area contributed by atoms with E-state index in [9.17, 15) is 22.8 Å². The van der Waals surface area contributed by atoms with Crippen molar-refractivity contribution in [3.05, 3.63) is 95.1 Å². The maximum absolute atomic E-state index is 13.4. The molecule has 1 fully saturated rings. The van der Waals surface area contributed by atoms with Crippen LogP contribution in [0.25, 0.3) is 10.9 Å². The van der Waals surface area contributed by atoms with Crippen molar-refractivity contribution in [3.63, 3.8) is 0 Å². The molecular weight excluding hydrogens is 531 g/mol. The molecule has 1 aromatic heterocycles. The van der Waals surface area contributed by atoms with E-state index in [2.05, 4.69) is 15.6 Å². The molecule has 39 heavy (non-hydrogen) atoms. The fourth-order valence-electron chi connectivity index (χ4n) is 4.34. The van der Waals surface area contributed by atoms with Crippen molar-refractivity contribution in [1.82, 2.24) is 14.8 Å². The van der Waals surface area contributed by atoms with Gasteiger partial charge in [0.05, 0.1) is 11.2 Å². The molecule has 7 nitrogen and oxygen atoms in total. The number of nitrogens with one attached hydrogen (secondary N) is 2. The molecule has 0 atom stereocenters. The van der Waals surface area contributed by atoms with Crippen LogP contribution in [0.5, 0.6) is 0 Å². The molecule has 0 spiro atoms. The summed E-state index contributed by atoms with van der Waals surface area (Å²) in [6.07, 6.45) is -4.59. The maximum atomic E-state index is 13.4. The van der Waals surface area contributed by atoms with Gasteiger partial charge >= 0.3 is 12.2 Å². The number of halogens is 4. The topological polar surface area (TPSA) is 77.6 Å². The molecule has 2 N–H and O–H groups in total. The van der Waals surface area contributed by atoms with Crippen LogP contribution in [0.2, 0.25) is 5.02 Å². The monoisotopic (exact) mass is 553 g/mol. The van der Waals surface area contributed by atoms with Crippen molar-refractivity contribution in [1.29, 1.82) is 0 Å². The lowest BCUT2D eigenvalue weighted by Gasteiger charge is -2.34. The van der Waals surface area contributed by atoms with Gasteiger partial charge in [-0.2, -0.15) is 13.2 Å². The van der Waals surface area contributed by atoms with Crippen molar-refractivity contribution < 1.29 is 22.8 Å². The number of carbonyl (C=O) groups is 2. The van der Waals surface area contributed by atoms with E-state index < -0.39 is 11.9 Å². The Morgan fingerprint density at radius 1 is 0.821 bits per heavy atom. The number of para-hydroxylation sites is 1. The van der Waals surface area contributed by atoms with Crippen LogP contribution in [0, 0.1) is 0 Å². The van der Waals surface area contributed by atoms with Gasteiger partial charge in [-0.15, -0.1) is 0 Å². The van der Waals surface area contributed by atoms with Gasteiger partial charge in [0.15, 0.2) is 0 Å². The lowest BCUT2D eigenvalue weighted by molar-refractivity contribution is -0.140. The van der Waals surface area contributed by atoms with E-state index in [1.807, 2.05) is 0 Å². The fourth-order valence-corrected chi connectivity index (χ4v) is 4.53. The van der Waals surface area contributed by atoms with E-state index in [-0.39, 0.29) is 23.1 Å². The summed E-state index contributed by atoms with van der Waals surface area (Å²) in [5, 5.41) is 6.89. The number of carbonyl (C=O) groups excluding carboxylic acids is 2. The Kier molecular flexibility index (Phi) is 7.30. The average Bonchev–Trinajstić information content (AvgIpc) is 2.92. The predicted octanol–water partition coefficient (Wildman–Crippen LogP) is 6.64. The Hall–Kier alpha value is -4.31. The zero-order valence-corrected chi connectivity index (χ0v) is 21.3. The third kappa shape index (κ3) is 6.06. The molecule has 200 valence electrons. The first kappa shape index (κ1) is 26.3. The number of aromatic nitrogens is 1. The van der Waals surface area contributed by atoms with Crippen LogP contribution in [0.4, 0.5) is 35.0 Å². The number of pyridine rings is 1. The normalized spacial score (nSPS) is 13.8. The van der Waals surface area contributed by atoms with Crippen LogP contribution >= 0.6 is 11.6 Å². The highest BCUT2D eigenvalue weighted by Crippen LogP contribution is 2.34. The zero-order valence-electron chi connectivity index (χ0n) is 20.5. The summed E-state index contributed by atoms with van der Waals surface area (Å²) in [7, 11) is 0. The molecule has 1 saturated heterocycles. The minimum absolute atomic E-state index is 0.190. The predicted molar refractivity (Wildman–Crippen MR) is 144 cm³/mol. The molecule has 0 unspecified atom stereocenters. The van der Waals surface area contributed by atoms with Gasteiger partial charge in [-0.1, -0.05) is 35.9 Å². The molecule has 4 aromatic rings. The highest BCUT2D eigenvalue weighted by Gasteiger charge is 2.33. The van der Waals surface area contributed by atoms with Gasteiger partial charge in [0.2, 0.25) is 0 Å². The summed E-state index contributed by atoms with van der Waals surface area (Å²) < 4.78 is 40.1. The Labute approximate surface area is 227 Å². The first-order valence-electron chi connectivity index (χ1n) is 12.1. The maximum Gasteiger partial charge on any atom is 0.433 e. The Morgan fingerprint density at radius 3 is 2.21 bits per heavy atom. The van der Waals surface area contributed by atoms with E-state index in [0.717, 1.165) is 6.07 Å². The van der Waals surface area contributed by atoms with Crippen molar-refractivity contribution >= 4 is 51.5 Å². The molecule has 0 bridgehead atoms. The van der Waals surface area contributed by atoms with Crippen molar-refractivity contribution in [2.24, 2.45) is 0 Å². The van der Waals surface area contributed by atoms with Crippen molar-refractivity contribution in [2.75, 3.05) is 36.8 Å². The number of hydrogen-bond donors (Lipinski definition) is 2. The molecule has 11 heteroatoms. The van der Waals surface area contributed by atoms with Gasteiger partial charge in [-0.3, -0.25) is 4.79 Å². The first-order chi connectivity index (χ1) is 18.7. The quantitative estimate of drug-likeness (QED) is 0.297. The van der Waals surface area contributed by atoms with Gasteiger partial charge in [0, 0.05) is 53.5 Å². The number of piperazine rings is 1. The van der Waals surface area contributed by atoms with Crippen LogP contribution in [-0.2, 0) is 6.18 Å². The zero-order chi connectivity index (χ0) is 27.6. The first-order valence-corrected chi connectivity index (χ1v) is 12.5. The van der Waals surface area contributed by atoms with Gasteiger partial charge in [0.25, 0.3) is 5.91 Å². The Bertz CT molecular complexity index is 1520. The SMILES string of the molecule is O=C(Nc1cccc(Cl)c1)N1CCN(C(=O)c2ccc(Nc3cc(C(F)(F)F)nc4ccccc34)cc2)CC1. The number of fused-ring (bicyclic) bond motifs is 1. The number of urea groups is 1. The second-order valence-electron chi connectivity index (χ2n) is 8.99. The van der Waals surface area contributed by atoms with E-state index >= 15 is 0 Å². The van der Waals surface area contributed by atoms with E-state index in [0.29, 0.717) is 53.5 Å². The van der Waals surface area contributed by atoms with E-state index in [1.165, 1.54) is 6.07 Å². The molecule has 0 radical (unpaired) electrons. The second-order valence-corrected chi connectivity index (χ2v) is 9.43. The average molecular weight is 554 g/mol. The minimum atomic E-state index is -4.59. The fraction of sp³-hybridized carbons (Fsp3) is 0.179. The van der Waals surface area contributed by atoms with E-state index in [4.69, 9.17) is 11.6 Å². The summed E-state index contributed by atoms with van der Waals surface area (Å²) in [5.41, 5.74) is 1.05. The number of nitrogens with zero attached hydrogens (tertiary/aromatic N) is 3. The summed E-state index contributed by atoms with van der Waals surface area (Å²) >= 11 is 5.97. The standard InChI is InChI=1S/C28H23ClF3N5O2/c29-19-4-3-5-21(16-19)34-27(39)37-14-12-36(13-15-37)26(38)18-8-10-20(11-9-18)33-24-17-25(28(30,31)32)35-23-7-2-1-6-22(23)24/h1-11,16-17H,12-15H2,(H,33,35)(H,34,39). The third-order valence-electron chi connectivity index (χ3n) is 6.35. The molecule has 0 saturated carbocycles. The summed E-state index contributed by atoms with van der Waals surface area (Å²) in [6.45, 7) is 1.47. The highest BCUT2D eigenvalue weighted by molar-refractivity contribution is 6.30. The highest BCUT2D eigenvalue weighted by atomic mass is 35.5. The van der Waals surface area contributed by atoms with Gasteiger partial charge in [-0.05, 0) is 54.6 Å². The Morgan fingerprint density at radius 2 is 1.51 bits per heavy atom. The number of hydrogen-bond acceptors (Lipinski definition) is 4. The van der Waals surface area contributed by atoms with Crippen LogP contribution in [0.15, 0.2) is 78.9 Å². The Balaban J connectivity index is 1.22. The minimum Gasteiger partial charge on any atom is -0.355 e. The molecule has 5 rings (SSSR count). The van der Waals surface area contributed by atoms with Crippen molar-refractivity contribution in [3.8, 4) is 0 Å². The number of amides is 3. The molecule has 3 amide bonds. The molecular formula is C28H23ClF3N5O2. The van der Waals surface area contributed by atoms with Crippen LogP contribution < -0.4 is 10.6 Å². The van der Waals surface area contributed by atoms with Crippen molar-refractivity contribution in [2.45, 2.75) is 6.18 Å². The van der Waals surface area contributed by atoms with E-state index in [1.54, 1.807) is 76.5 Å². The van der Waals surface area contributed by atoms with Gasteiger partial charge in [0.1, 0.15) is 5.69 Å². The molecule has 3 aromatic carbocycles. The lowest BCUT2D eigenvalue weighted by Crippen LogP contribution is -2.51. The third-order valence-corrected chi connectivity index (χ3v) is 6.58. The summed E-state index contributed by atoms with van der Waals surface area (Å²) in [4.78, 5) is 32.6. The number of anilines is 3. The van der Waals surface area contributed by atoms with Crippen LogP contribution in [0.3, 0.4) is 0 Å². The van der Waals surface area contributed by atoms with Gasteiger partial charge < -0.3 is 20.4 Å².